The number of hydrogen-bond donors (Lipinski definition) is 3. The number of nitrogens with two attached hydrogens (primary N) is 1. The lowest BCUT2D eigenvalue weighted by atomic mass is 10.3. The number of anilines is 2. The molecule has 0 radical (unpaired) electrons. The fourth-order valence-corrected chi connectivity index (χ4v) is 1.44. The molecule has 0 unspecified atom stereocenters. The maximum Gasteiger partial charge on any atom is 0.222 e. The molecule has 0 fully saturated rings. The number of rotatable bonds is 1. The Morgan fingerprint density at radius 1 is 1.53 bits per heavy atom. The van der Waals surface area contributed by atoms with Gasteiger partial charge in [-0.25, -0.2) is 0 Å². The molecule has 6 heteroatoms. The highest BCUT2D eigenvalue weighted by atomic mass is 35.5. The van der Waals surface area contributed by atoms with Crippen molar-refractivity contribution in [2.45, 2.75) is 6.92 Å². The molecule has 1 amide bonds. The molecular weight excluding hydrogens is 234 g/mol. The van der Waals surface area contributed by atoms with Crippen molar-refractivity contribution in [1.29, 1.82) is 0 Å². The van der Waals surface area contributed by atoms with E-state index >= 15 is 0 Å². The molecule has 4 N–H and O–H groups in total. The van der Waals surface area contributed by atoms with E-state index in [0.29, 0.717) is 16.4 Å². The Hall–Kier alpha value is -1.33. The first-order valence-corrected chi connectivity index (χ1v) is 4.91. The molecule has 1 rings (SSSR count). The minimum atomic E-state index is -0.237. The predicted molar refractivity (Wildman–Crippen MR) is 65.9 cm³/mol. The van der Waals surface area contributed by atoms with Crippen LogP contribution in [-0.4, -0.2) is 11.0 Å². The van der Waals surface area contributed by atoms with Gasteiger partial charge in [-0.05, 0) is 30.4 Å². The van der Waals surface area contributed by atoms with E-state index < -0.39 is 0 Å². The molecule has 4 nitrogen and oxygen atoms in total. The van der Waals surface area contributed by atoms with Crippen LogP contribution in [0.15, 0.2) is 18.2 Å². The molecule has 0 spiro atoms. The highest BCUT2D eigenvalue weighted by Crippen LogP contribution is 2.23. The van der Waals surface area contributed by atoms with Crippen LogP contribution in [0, 0.1) is 0 Å². The second-order valence-electron chi connectivity index (χ2n) is 2.87. The first-order chi connectivity index (χ1) is 6.99. The van der Waals surface area contributed by atoms with Gasteiger partial charge < -0.3 is 16.4 Å². The van der Waals surface area contributed by atoms with E-state index in [2.05, 4.69) is 10.6 Å². The Morgan fingerprint density at radius 2 is 2.20 bits per heavy atom. The molecule has 0 aliphatic carbocycles. The molecule has 0 aliphatic heterocycles. The van der Waals surface area contributed by atoms with Crippen molar-refractivity contribution >= 4 is 46.2 Å². The van der Waals surface area contributed by atoms with Crippen molar-refractivity contribution in [3.05, 3.63) is 23.2 Å². The summed E-state index contributed by atoms with van der Waals surface area (Å²) in [5.74, 6) is -0.237. The van der Waals surface area contributed by atoms with Gasteiger partial charge in [-0.3, -0.25) is 4.79 Å². The van der Waals surface area contributed by atoms with Gasteiger partial charge in [-0.2, -0.15) is 0 Å². The van der Waals surface area contributed by atoms with Crippen LogP contribution >= 0.6 is 23.8 Å². The van der Waals surface area contributed by atoms with Crippen molar-refractivity contribution in [2.24, 2.45) is 0 Å². The molecule has 0 saturated carbocycles. The Morgan fingerprint density at radius 3 is 2.73 bits per heavy atom. The van der Waals surface area contributed by atoms with Crippen LogP contribution in [-0.2, 0) is 4.79 Å². The highest BCUT2D eigenvalue weighted by molar-refractivity contribution is 7.80. The summed E-state index contributed by atoms with van der Waals surface area (Å²) in [6.07, 6.45) is 0. The largest absolute Gasteiger partial charge is 0.399 e. The molecule has 0 aromatic heterocycles. The Bertz CT molecular complexity index is 408. The van der Waals surface area contributed by atoms with E-state index in [0.717, 1.165) is 0 Å². The summed E-state index contributed by atoms with van der Waals surface area (Å²) in [4.78, 5) is 10.7. The number of thiocarbonyl (C=S) groups is 1. The number of carbonyl (C=O) groups excluding carboxylic acids is 1. The second-order valence-corrected chi connectivity index (χ2v) is 3.69. The minimum absolute atomic E-state index is 0.203. The molecule has 0 aliphatic rings. The number of carbonyl (C=O) groups is 1. The number of halogens is 1. The maximum absolute atomic E-state index is 10.7. The van der Waals surface area contributed by atoms with E-state index in [1.54, 1.807) is 18.2 Å². The van der Waals surface area contributed by atoms with E-state index in [1.807, 2.05) is 0 Å². The van der Waals surface area contributed by atoms with Gasteiger partial charge in [0.05, 0.1) is 10.7 Å². The van der Waals surface area contributed by atoms with Gasteiger partial charge in [0.25, 0.3) is 0 Å². The maximum atomic E-state index is 10.7. The number of nitrogen functional groups attached to an aromatic ring is 1. The van der Waals surface area contributed by atoms with Crippen LogP contribution < -0.4 is 16.4 Å². The molecule has 1 aromatic rings. The van der Waals surface area contributed by atoms with Gasteiger partial charge in [0.2, 0.25) is 5.91 Å². The summed E-state index contributed by atoms with van der Waals surface area (Å²) in [6.45, 7) is 1.37. The molecule has 1 aromatic carbocycles. The summed E-state index contributed by atoms with van der Waals surface area (Å²) in [5, 5.41) is 5.86. The first-order valence-electron chi connectivity index (χ1n) is 4.12. The molecule has 0 atom stereocenters. The lowest BCUT2D eigenvalue weighted by Gasteiger charge is -2.09. The highest BCUT2D eigenvalue weighted by Gasteiger charge is 2.03. The van der Waals surface area contributed by atoms with Crippen LogP contribution in [0.1, 0.15) is 6.92 Å². The van der Waals surface area contributed by atoms with Gasteiger partial charge in [0.1, 0.15) is 0 Å². The normalized spacial score (nSPS) is 9.47. The zero-order valence-electron chi connectivity index (χ0n) is 8.00. The van der Waals surface area contributed by atoms with E-state index in [9.17, 15) is 4.79 Å². The topological polar surface area (TPSA) is 67.2 Å². The van der Waals surface area contributed by atoms with Crippen molar-refractivity contribution in [3.63, 3.8) is 0 Å². The number of amides is 1. The Balaban J connectivity index is 2.72. The predicted octanol–water partition coefficient (Wildman–Crippen LogP) is 1.76. The standard InChI is InChI=1S/C9H10ClN3OS/c1-5(14)12-9(15)13-8-3-2-6(11)4-7(8)10/h2-4H,11H2,1H3,(H2,12,13,14,15). The monoisotopic (exact) mass is 243 g/mol. The van der Waals surface area contributed by atoms with Crippen molar-refractivity contribution in [1.82, 2.24) is 5.32 Å². The van der Waals surface area contributed by atoms with Crippen molar-refractivity contribution in [3.8, 4) is 0 Å². The van der Waals surface area contributed by atoms with Gasteiger partial charge in [0.15, 0.2) is 5.11 Å². The summed E-state index contributed by atoms with van der Waals surface area (Å²) in [6, 6.07) is 4.97. The van der Waals surface area contributed by atoms with Crippen LogP contribution in [0.25, 0.3) is 0 Å². The summed E-state index contributed by atoms with van der Waals surface area (Å²) >= 11 is 10.8. The van der Waals surface area contributed by atoms with Gasteiger partial charge in [-0.1, -0.05) is 11.6 Å². The third kappa shape index (κ3) is 3.73. The molecule has 80 valence electrons. The third-order valence-corrected chi connectivity index (χ3v) is 2.05. The molecular formula is C9H10ClN3OS. The zero-order chi connectivity index (χ0) is 11.4. The summed E-state index contributed by atoms with van der Waals surface area (Å²) in [7, 11) is 0. The molecule has 0 bridgehead atoms. The Kier molecular flexibility index (Phi) is 3.88. The summed E-state index contributed by atoms with van der Waals surface area (Å²) < 4.78 is 0. The number of hydrogen-bond acceptors (Lipinski definition) is 3. The SMILES string of the molecule is CC(=O)NC(=S)Nc1ccc(N)cc1Cl. The minimum Gasteiger partial charge on any atom is -0.399 e. The van der Waals surface area contributed by atoms with Crippen molar-refractivity contribution < 1.29 is 4.79 Å². The average molecular weight is 244 g/mol. The van der Waals surface area contributed by atoms with Crippen LogP contribution in [0.5, 0.6) is 0 Å². The fourth-order valence-electron chi connectivity index (χ4n) is 0.946. The van der Waals surface area contributed by atoms with Gasteiger partial charge in [-0.15, -0.1) is 0 Å². The quantitative estimate of drug-likeness (QED) is 0.519. The van der Waals surface area contributed by atoms with E-state index in [-0.39, 0.29) is 11.0 Å². The third-order valence-electron chi connectivity index (χ3n) is 1.53. The fraction of sp³-hybridized carbons (Fsp3) is 0.111. The molecule has 15 heavy (non-hydrogen) atoms. The first kappa shape index (κ1) is 11.7. The zero-order valence-corrected chi connectivity index (χ0v) is 9.58. The number of nitrogens with one attached hydrogen (secondary N) is 2. The van der Waals surface area contributed by atoms with Crippen molar-refractivity contribution in [2.75, 3.05) is 11.1 Å². The van der Waals surface area contributed by atoms with Crippen LogP contribution in [0.3, 0.4) is 0 Å². The second kappa shape index (κ2) is 4.95. The van der Waals surface area contributed by atoms with Crippen LogP contribution in [0.2, 0.25) is 5.02 Å². The smallest absolute Gasteiger partial charge is 0.222 e. The molecule has 0 saturated heterocycles. The lowest BCUT2D eigenvalue weighted by molar-refractivity contribution is -0.117. The van der Waals surface area contributed by atoms with Gasteiger partial charge >= 0.3 is 0 Å². The Labute approximate surface area is 97.8 Å². The lowest BCUT2D eigenvalue weighted by Crippen LogP contribution is -2.32. The number of benzene rings is 1. The van der Waals surface area contributed by atoms with E-state index in [1.165, 1.54) is 6.92 Å². The van der Waals surface area contributed by atoms with Gasteiger partial charge in [0, 0.05) is 12.6 Å². The molecule has 0 heterocycles. The van der Waals surface area contributed by atoms with E-state index in [4.69, 9.17) is 29.6 Å². The average Bonchev–Trinajstić information content (AvgIpc) is 2.08. The summed E-state index contributed by atoms with van der Waals surface area (Å²) in [5.41, 5.74) is 6.69. The van der Waals surface area contributed by atoms with Crippen LogP contribution in [0.4, 0.5) is 11.4 Å².